The molecule has 0 aromatic carbocycles. The molecule has 3 N–H and O–H groups in total. The van der Waals surface area contributed by atoms with Gasteiger partial charge in [-0.15, -0.1) is 0 Å². The average molecular weight is 300 g/mol. The third-order valence-corrected chi connectivity index (χ3v) is 3.93. The maximum atomic E-state index is 11.7. The fourth-order valence-electron chi connectivity index (χ4n) is 2.83. The van der Waals surface area contributed by atoms with Gasteiger partial charge in [-0.3, -0.25) is 4.90 Å². The summed E-state index contributed by atoms with van der Waals surface area (Å²) in [6.45, 7) is 10.9. The van der Waals surface area contributed by atoms with Gasteiger partial charge in [0.2, 0.25) is 0 Å². The van der Waals surface area contributed by atoms with Gasteiger partial charge in [-0.2, -0.15) is 0 Å². The number of alkyl carbamates (subject to hydrolysis) is 1. The second-order valence-corrected chi connectivity index (χ2v) is 7.23. The van der Waals surface area contributed by atoms with Gasteiger partial charge in [-0.1, -0.05) is 6.92 Å². The minimum Gasteiger partial charge on any atom is -0.444 e. The van der Waals surface area contributed by atoms with Crippen molar-refractivity contribution in [1.29, 1.82) is 0 Å². The van der Waals surface area contributed by atoms with E-state index >= 15 is 0 Å². The molecule has 1 aliphatic rings. The molecular formula is C15H32N4O2. The highest BCUT2D eigenvalue weighted by Gasteiger charge is 2.34. The van der Waals surface area contributed by atoms with Crippen LogP contribution in [0, 0.1) is 5.92 Å². The summed E-state index contributed by atoms with van der Waals surface area (Å²) < 4.78 is 5.26. The fraction of sp³-hybridized carbons (Fsp3) is 0.933. The lowest BCUT2D eigenvalue weighted by Gasteiger charge is -2.28. The van der Waals surface area contributed by atoms with E-state index in [4.69, 9.17) is 10.5 Å². The predicted octanol–water partition coefficient (Wildman–Crippen LogP) is 0.720. The fourth-order valence-corrected chi connectivity index (χ4v) is 2.83. The summed E-state index contributed by atoms with van der Waals surface area (Å²) in [6, 6.07) is 0.700. The van der Waals surface area contributed by atoms with E-state index in [1.807, 2.05) is 20.8 Å². The Morgan fingerprint density at radius 1 is 1.43 bits per heavy atom. The molecule has 0 aromatic rings. The van der Waals surface area contributed by atoms with Crippen LogP contribution in [-0.4, -0.2) is 73.9 Å². The van der Waals surface area contributed by atoms with E-state index in [2.05, 4.69) is 36.1 Å². The van der Waals surface area contributed by atoms with Crippen molar-refractivity contribution >= 4 is 6.09 Å². The van der Waals surface area contributed by atoms with Crippen molar-refractivity contribution in [2.75, 3.05) is 40.3 Å². The number of rotatable bonds is 5. The monoisotopic (exact) mass is 300 g/mol. The molecule has 0 radical (unpaired) electrons. The molecule has 1 saturated heterocycles. The van der Waals surface area contributed by atoms with Crippen LogP contribution in [0.5, 0.6) is 0 Å². The molecule has 3 atom stereocenters. The molecule has 6 heteroatoms. The Hall–Kier alpha value is -0.850. The minimum atomic E-state index is -0.472. The van der Waals surface area contributed by atoms with Crippen LogP contribution < -0.4 is 11.1 Å². The van der Waals surface area contributed by atoms with E-state index in [9.17, 15) is 4.79 Å². The van der Waals surface area contributed by atoms with E-state index in [0.29, 0.717) is 25.0 Å². The molecule has 0 bridgehead atoms. The number of likely N-dealkylation sites (N-methyl/N-ethyl adjacent to an activating group) is 1. The first kappa shape index (κ1) is 18.2. The first-order valence-electron chi connectivity index (χ1n) is 7.71. The third kappa shape index (κ3) is 5.80. The molecule has 1 aliphatic heterocycles. The molecule has 0 aromatic heterocycles. The van der Waals surface area contributed by atoms with Crippen molar-refractivity contribution in [3.63, 3.8) is 0 Å². The van der Waals surface area contributed by atoms with E-state index < -0.39 is 5.60 Å². The number of carbonyl (C=O) groups excluding carboxylic acids is 1. The molecule has 6 nitrogen and oxygen atoms in total. The number of hydrogen-bond acceptors (Lipinski definition) is 5. The number of likely N-dealkylation sites (tertiary alicyclic amines) is 1. The van der Waals surface area contributed by atoms with Crippen LogP contribution in [-0.2, 0) is 4.74 Å². The van der Waals surface area contributed by atoms with Crippen LogP contribution in [0.4, 0.5) is 4.79 Å². The maximum absolute atomic E-state index is 11.7. The van der Waals surface area contributed by atoms with Crippen molar-refractivity contribution in [2.24, 2.45) is 11.7 Å². The molecule has 1 amide bonds. The Balaban J connectivity index is 2.47. The molecular weight excluding hydrogens is 268 g/mol. The number of nitrogens with one attached hydrogen (secondary N) is 1. The second kappa shape index (κ2) is 7.42. The zero-order valence-corrected chi connectivity index (χ0v) is 14.3. The highest BCUT2D eigenvalue weighted by Crippen LogP contribution is 2.21. The molecule has 0 saturated carbocycles. The number of amides is 1. The standard InChI is InChI=1S/C15H32N4O2/c1-11-9-19(10-13(11)18(5)6)12(7-16)8-17-14(20)21-15(2,3)4/h11-13H,7-10,16H2,1-6H3,(H,17,20). The summed E-state index contributed by atoms with van der Waals surface area (Å²) in [6.07, 6.45) is -0.377. The number of carbonyl (C=O) groups is 1. The van der Waals surface area contributed by atoms with E-state index in [-0.39, 0.29) is 12.1 Å². The van der Waals surface area contributed by atoms with E-state index in [0.717, 1.165) is 13.1 Å². The van der Waals surface area contributed by atoms with Crippen LogP contribution in [0.25, 0.3) is 0 Å². The second-order valence-electron chi connectivity index (χ2n) is 7.23. The summed E-state index contributed by atoms with van der Waals surface area (Å²) in [5.74, 6) is 0.607. The normalized spacial score (nSPS) is 25.1. The number of nitrogens with zero attached hydrogens (tertiary/aromatic N) is 2. The van der Waals surface area contributed by atoms with E-state index in [1.54, 1.807) is 0 Å². The molecule has 21 heavy (non-hydrogen) atoms. The molecule has 0 aliphatic carbocycles. The lowest BCUT2D eigenvalue weighted by molar-refractivity contribution is 0.0511. The van der Waals surface area contributed by atoms with Gasteiger partial charge in [0.25, 0.3) is 0 Å². The van der Waals surface area contributed by atoms with Crippen molar-refractivity contribution in [2.45, 2.75) is 45.4 Å². The molecule has 1 fully saturated rings. The SMILES string of the molecule is CC1CN(C(CN)CNC(=O)OC(C)(C)C)CC1N(C)C. The minimum absolute atomic E-state index is 0.157. The molecule has 1 rings (SSSR count). The first-order valence-corrected chi connectivity index (χ1v) is 7.71. The Bertz CT molecular complexity index is 341. The van der Waals surface area contributed by atoms with Crippen LogP contribution in [0.1, 0.15) is 27.7 Å². The van der Waals surface area contributed by atoms with Crippen LogP contribution in [0.3, 0.4) is 0 Å². The van der Waals surface area contributed by atoms with Crippen molar-refractivity contribution in [1.82, 2.24) is 15.1 Å². The summed E-state index contributed by atoms with van der Waals surface area (Å²) >= 11 is 0. The summed E-state index contributed by atoms with van der Waals surface area (Å²) in [4.78, 5) is 16.4. The third-order valence-electron chi connectivity index (χ3n) is 3.93. The van der Waals surface area contributed by atoms with E-state index in [1.165, 1.54) is 0 Å². The Morgan fingerprint density at radius 2 is 2.05 bits per heavy atom. The molecule has 1 heterocycles. The zero-order chi connectivity index (χ0) is 16.2. The Morgan fingerprint density at radius 3 is 2.48 bits per heavy atom. The van der Waals surface area contributed by atoms with Crippen LogP contribution in [0.15, 0.2) is 0 Å². The number of ether oxygens (including phenoxy) is 1. The number of hydrogen-bond donors (Lipinski definition) is 2. The van der Waals surface area contributed by atoms with Crippen molar-refractivity contribution in [3.05, 3.63) is 0 Å². The summed E-state index contributed by atoms with van der Waals surface area (Å²) in [7, 11) is 4.22. The van der Waals surface area contributed by atoms with Gasteiger partial charge < -0.3 is 20.7 Å². The summed E-state index contributed by atoms with van der Waals surface area (Å²) in [5, 5.41) is 2.83. The smallest absolute Gasteiger partial charge is 0.407 e. The average Bonchev–Trinajstić information content (AvgIpc) is 2.70. The lowest BCUT2D eigenvalue weighted by atomic mass is 10.1. The van der Waals surface area contributed by atoms with Crippen LogP contribution >= 0.6 is 0 Å². The topological polar surface area (TPSA) is 70.8 Å². The van der Waals surface area contributed by atoms with Gasteiger partial charge in [0.15, 0.2) is 0 Å². The van der Waals surface area contributed by atoms with Gasteiger partial charge in [-0.25, -0.2) is 4.79 Å². The van der Waals surface area contributed by atoms with Crippen LogP contribution in [0.2, 0.25) is 0 Å². The predicted molar refractivity (Wildman–Crippen MR) is 85.3 cm³/mol. The largest absolute Gasteiger partial charge is 0.444 e. The number of nitrogens with two attached hydrogens (primary N) is 1. The molecule has 0 spiro atoms. The van der Waals surface area contributed by atoms with Gasteiger partial charge >= 0.3 is 6.09 Å². The van der Waals surface area contributed by atoms with Crippen molar-refractivity contribution < 1.29 is 9.53 Å². The Labute approximate surface area is 129 Å². The summed E-state index contributed by atoms with van der Waals surface area (Å²) in [5.41, 5.74) is 5.41. The first-order chi connectivity index (χ1) is 9.64. The van der Waals surface area contributed by atoms with Gasteiger partial charge in [0.1, 0.15) is 5.60 Å². The van der Waals surface area contributed by atoms with Gasteiger partial charge in [0, 0.05) is 38.3 Å². The van der Waals surface area contributed by atoms with Crippen molar-refractivity contribution in [3.8, 4) is 0 Å². The quantitative estimate of drug-likeness (QED) is 0.783. The maximum Gasteiger partial charge on any atom is 0.407 e. The molecule has 3 unspecified atom stereocenters. The lowest BCUT2D eigenvalue weighted by Crippen LogP contribution is -2.48. The highest BCUT2D eigenvalue weighted by atomic mass is 16.6. The Kier molecular flexibility index (Phi) is 6.43. The van der Waals surface area contributed by atoms with Gasteiger partial charge in [-0.05, 0) is 40.8 Å². The zero-order valence-electron chi connectivity index (χ0n) is 14.3. The van der Waals surface area contributed by atoms with Gasteiger partial charge in [0.05, 0.1) is 0 Å². The molecule has 124 valence electrons. The highest BCUT2D eigenvalue weighted by molar-refractivity contribution is 5.67.